The van der Waals surface area contributed by atoms with Crippen molar-refractivity contribution in [3.8, 4) is 0 Å². The van der Waals surface area contributed by atoms with Crippen molar-refractivity contribution in [2.24, 2.45) is 0 Å². The predicted octanol–water partition coefficient (Wildman–Crippen LogP) is 2.95. The van der Waals surface area contributed by atoms with E-state index in [1.165, 1.54) is 0 Å². The van der Waals surface area contributed by atoms with E-state index in [1.54, 1.807) is 0 Å². The molecule has 3 heteroatoms. The molecule has 0 spiro atoms. The topological polar surface area (TPSA) is 38.0 Å². The van der Waals surface area contributed by atoms with Crippen molar-refractivity contribution in [2.45, 2.75) is 12.2 Å². The molecule has 1 heterocycles. The third kappa shape index (κ3) is 3.34. The van der Waals surface area contributed by atoms with Crippen LogP contribution in [-0.4, -0.2) is 12.3 Å². The second-order valence-electron chi connectivity index (χ2n) is 3.01. The summed E-state index contributed by atoms with van der Waals surface area (Å²) in [5, 5.41) is 5.89. The van der Waals surface area contributed by atoms with E-state index >= 15 is 0 Å². The highest BCUT2D eigenvalue weighted by Crippen LogP contribution is 2.22. The molecule has 1 aromatic rings. The maximum Gasteiger partial charge on any atom is 0.0571 e. The average Bonchev–Trinajstić information content (AvgIpc) is 2.17. The summed E-state index contributed by atoms with van der Waals surface area (Å²) < 4.78 is 0. The zero-order chi connectivity index (χ0) is 10.4. The van der Waals surface area contributed by atoms with Crippen LogP contribution in [0.15, 0.2) is 35.7 Å². The Balaban J connectivity index is 0.000000165. The van der Waals surface area contributed by atoms with Gasteiger partial charge >= 0.3 is 0 Å². The van der Waals surface area contributed by atoms with Crippen LogP contribution in [0.2, 0.25) is 0 Å². The van der Waals surface area contributed by atoms with E-state index < -0.39 is 0 Å². The van der Waals surface area contributed by atoms with Gasteiger partial charge in [0, 0.05) is 12.3 Å². The van der Waals surface area contributed by atoms with Gasteiger partial charge in [-0.2, -0.15) is 0 Å². The lowest BCUT2D eigenvalue weighted by atomic mass is 10.3. The smallest absolute Gasteiger partial charge is 0.0571 e. The Morgan fingerprint density at radius 3 is 2.21 bits per heavy atom. The Morgan fingerprint density at radius 1 is 1.36 bits per heavy atom. The molecule has 0 radical (unpaired) electrons. The minimum absolute atomic E-state index is 0.792. The molecule has 2 rings (SSSR count). The second-order valence-corrected chi connectivity index (χ2v) is 4.29. The van der Waals surface area contributed by atoms with Gasteiger partial charge in [0.2, 0.25) is 0 Å². The second kappa shape index (κ2) is 5.60. The Bertz CT molecular complexity index is 310. The quantitative estimate of drug-likeness (QED) is 0.697. The van der Waals surface area contributed by atoms with Crippen LogP contribution < -0.4 is 11.1 Å². The van der Waals surface area contributed by atoms with Crippen LogP contribution in [0.3, 0.4) is 0 Å². The van der Waals surface area contributed by atoms with Crippen LogP contribution in [-0.2, 0) is 0 Å². The lowest BCUT2D eigenvalue weighted by molar-refractivity contribution is 1.23. The van der Waals surface area contributed by atoms with Crippen molar-refractivity contribution < 1.29 is 0 Å². The van der Waals surface area contributed by atoms with Crippen LogP contribution in [0.4, 0.5) is 11.4 Å². The molecule has 3 N–H and O–H groups in total. The predicted molar refractivity (Wildman–Crippen MR) is 66.6 cm³/mol. The van der Waals surface area contributed by atoms with Crippen molar-refractivity contribution in [3.05, 3.63) is 35.7 Å². The molecule has 1 unspecified atom stereocenters. The number of hydrogen-bond acceptors (Lipinski definition) is 3. The van der Waals surface area contributed by atoms with Crippen molar-refractivity contribution in [2.75, 3.05) is 18.1 Å². The highest BCUT2D eigenvalue weighted by atomic mass is 32.2. The molecule has 0 fully saturated rings. The molecule has 1 aromatic carbocycles. The first-order valence-corrected chi connectivity index (χ1v) is 5.52. The van der Waals surface area contributed by atoms with E-state index in [9.17, 15) is 0 Å². The number of anilines is 2. The van der Waals surface area contributed by atoms with Gasteiger partial charge in [-0.25, -0.2) is 0 Å². The van der Waals surface area contributed by atoms with Crippen LogP contribution in [0, 0.1) is 0 Å². The first kappa shape index (κ1) is 11.0. The Kier molecular flexibility index (Phi) is 4.40. The van der Waals surface area contributed by atoms with Crippen LogP contribution in [0.5, 0.6) is 0 Å². The summed E-state index contributed by atoms with van der Waals surface area (Å²) in [5.41, 5.74) is 7.34. The van der Waals surface area contributed by atoms with Crippen molar-refractivity contribution in [1.29, 1.82) is 0 Å². The molecular weight excluding hydrogens is 192 g/mol. The summed E-state index contributed by atoms with van der Waals surface area (Å²) in [7, 11) is 1.85. The Hall–Kier alpha value is -1.09. The fraction of sp³-hybridized carbons (Fsp3) is 0.273. The van der Waals surface area contributed by atoms with Gasteiger partial charge in [-0.05, 0) is 24.5 Å². The highest BCUT2D eigenvalue weighted by Gasteiger charge is 1.99. The standard InChI is InChI=1S/C7H10N2.C4H6S/c1-9-7-5-3-2-4-6(7)8;1-4-2-3-5-4/h2-5,9H,8H2,1H3;2-4H,1H3. The lowest BCUT2D eigenvalue weighted by Gasteiger charge is -2.07. The van der Waals surface area contributed by atoms with Gasteiger partial charge < -0.3 is 11.1 Å². The maximum atomic E-state index is 5.57. The molecule has 0 saturated heterocycles. The molecule has 1 atom stereocenters. The minimum Gasteiger partial charge on any atom is -0.397 e. The van der Waals surface area contributed by atoms with Crippen molar-refractivity contribution in [3.63, 3.8) is 0 Å². The van der Waals surface area contributed by atoms with Gasteiger partial charge in [-0.3, -0.25) is 0 Å². The SMILES string of the molecule is CC1C=CS1.CNc1ccccc1N. The van der Waals surface area contributed by atoms with E-state index in [-0.39, 0.29) is 0 Å². The van der Waals surface area contributed by atoms with E-state index in [0.29, 0.717) is 0 Å². The monoisotopic (exact) mass is 208 g/mol. The van der Waals surface area contributed by atoms with Gasteiger partial charge in [-0.15, -0.1) is 11.8 Å². The molecule has 1 aliphatic heterocycles. The summed E-state index contributed by atoms with van der Waals surface area (Å²) >= 11 is 1.88. The number of thioether (sulfide) groups is 1. The van der Waals surface area contributed by atoms with E-state index in [2.05, 4.69) is 23.7 Å². The molecule has 76 valence electrons. The Labute approximate surface area is 89.6 Å². The number of para-hydroxylation sites is 2. The summed E-state index contributed by atoms with van der Waals surface area (Å²) in [6.45, 7) is 2.19. The van der Waals surface area contributed by atoms with Crippen molar-refractivity contribution in [1.82, 2.24) is 0 Å². The molecule has 0 aliphatic carbocycles. The molecular formula is C11H16N2S. The molecule has 0 bridgehead atoms. The molecule has 0 amide bonds. The normalized spacial score (nSPS) is 17.7. The lowest BCUT2D eigenvalue weighted by Crippen LogP contribution is -1.93. The Morgan fingerprint density at radius 2 is 1.93 bits per heavy atom. The van der Waals surface area contributed by atoms with Crippen molar-refractivity contribution >= 4 is 23.1 Å². The van der Waals surface area contributed by atoms with E-state index in [4.69, 9.17) is 5.73 Å². The largest absolute Gasteiger partial charge is 0.397 e. The first-order valence-electron chi connectivity index (χ1n) is 4.58. The minimum atomic E-state index is 0.792. The zero-order valence-corrected chi connectivity index (χ0v) is 9.34. The third-order valence-corrected chi connectivity index (χ3v) is 2.77. The molecule has 0 saturated carbocycles. The first-order chi connectivity index (χ1) is 6.74. The van der Waals surface area contributed by atoms with Gasteiger partial charge in [0.15, 0.2) is 0 Å². The number of nitrogen functional groups attached to an aromatic ring is 1. The van der Waals surface area contributed by atoms with Gasteiger partial charge in [-0.1, -0.05) is 18.2 Å². The van der Waals surface area contributed by atoms with Crippen LogP contribution in [0.1, 0.15) is 6.92 Å². The maximum absolute atomic E-state index is 5.57. The van der Waals surface area contributed by atoms with Crippen LogP contribution in [0.25, 0.3) is 0 Å². The number of nitrogens with one attached hydrogen (secondary N) is 1. The highest BCUT2D eigenvalue weighted by molar-refractivity contribution is 8.04. The molecule has 0 aromatic heterocycles. The van der Waals surface area contributed by atoms with E-state index in [0.717, 1.165) is 16.6 Å². The number of hydrogen-bond donors (Lipinski definition) is 2. The summed E-state index contributed by atoms with van der Waals surface area (Å²) in [6.07, 6.45) is 2.19. The number of rotatable bonds is 1. The summed E-state index contributed by atoms with van der Waals surface area (Å²) in [5.74, 6) is 0. The fourth-order valence-electron chi connectivity index (χ4n) is 0.960. The summed E-state index contributed by atoms with van der Waals surface area (Å²) in [4.78, 5) is 0. The summed E-state index contributed by atoms with van der Waals surface area (Å²) in [6, 6.07) is 7.67. The molecule has 14 heavy (non-hydrogen) atoms. The average molecular weight is 208 g/mol. The molecule has 1 aliphatic rings. The zero-order valence-electron chi connectivity index (χ0n) is 8.53. The fourth-order valence-corrected chi connectivity index (χ4v) is 1.43. The van der Waals surface area contributed by atoms with Gasteiger partial charge in [0.1, 0.15) is 0 Å². The number of benzene rings is 1. The number of nitrogens with two attached hydrogens (primary N) is 1. The van der Waals surface area contributed by atoms with Gasteiger partial charge in [0.05, 0.1) is 11.4 Å². The third-order valence-electron chi connectivity index (χ3n) is 1.87. The molecule has 2 nitrogen and oxygen atoms in total. The van der Waals surface area contributed by atoms with Crippen LogP contribution >= 0.6 is 11.8 Å². The van der Waals surface area contributed by atoms with E-state index in [1.807, 2.05) is 43.1 Å². The van der Waals surface area contributed by atoms with Gasteiger partial charge in [0.25, 0.3) is 0 Å².